The highest BCUT2D eigenvalue weighted by Crippen LogP contribution is 2.35. The molecule has 0 amide bonds. The first-order chi connectivity index (χ1) is 12.5. The Bertz CT molecular complexity index is 840. The van der Waals surface area contributed by atoms with E-state index in [2.05, 4.69) is 0 Å². The molecule has 136 valence electrons. The molecule has 0 bridgehead atoms. The van der Waals surface area contributed by atoms with Crippen molar-refractivity contribution in [3.05, 3.63) is 64.5 Å². The summed E-state index contributed by atoms with van der Waals surface area (Å²) in [6.45, 7) is 0. The second-order valence-electron chi connectivity index (χ2n) is 4.94. The van der Waals surface area contributed by atoms with Crippen molar-refractivity contribution < 1.29 is 28.6 Å². The van der Waals surface area contributed by atoms with Gasteiger partial charge in [-0.1, -0.05) is 23.7 Å². The highest BCUT2D eigenvalue weighted by Gasteiger charge is 2.31. The van der Waals surface area contributed by atoms with Crippen LogP contribution in [-0.4, -0.2) is 39.2 Å². The maximum absolute atomic E-state index is 12.4. The van der Waals surface area contributed by atoms with E-state index in [-0.39, 0.29) is 27.5 Å². The van der Waals surface area contributed by atoms with Gasteiger partial charge in [0.05, 0.1) is 43.2 Å². The molecular weight excluding hydrogens is 362 g/mol. The highest BCUT2D eigenvalue weighted by atomic mass is 35.5. The van der Waals surface area contributed by atoms with Crippen molar-refractivity contribution >= 4 is 35.2 Å². The van der Waals surface area contributed by atoms with Crippen molar-refractivity contribution in [1.82, 2.24) is 0 Å². The molecule has 0 aromatic heterocycles. The predicted octanol–water partition coefficient (Wildman–Crippen LogP) is 2.62. The standard InChI is InChI=1S/C18H16ClNO6/c1-24-16(21)11-8-6-9-13(19)14(11)20-10-5-4-7-12(17(22)25-2)15(20)18(23)26-3/h4-10H,1-3H3. The van der Waals surface area contributed by atoms with Gasteiger partial charge in [-0.3, -0.25) is 0 Å². The molecule has 0 fully saturated rings. The van der Waals surface area contributed by atoms with Crippen LogP contribution in [0.4, 0.5) is 5.69 Å². The fourth-order valence-electron chi connectivity index (χ4n) is 2.37. The van der Waals surface area contributed by atoms with Crippen molar-refractivity contribution in [2.45, 2.75) is 0 Å². The molecule has 0 saturated carbocycles. The summed E-state index contributed by atoms with van der Waals surface area (Å²) in [7, 11) is 3.59. The Labute approximate surface area is 155 Å². The Morgan fingerprint density at radius 2 is 1.58 bits per heavy atom. The minimum Gasteiger partial charge on any atom is -0.465 e. The number of methoxy groups -OCH3 is 3. The first-order valence-electron chi connectivity index (χ1n) is 7.38. The zero-order valence-corrected chi connectivity index (χ0v) is 15.1. The fraction of sp³-hybridized carbons (Fsp3) is 0.167. The van der Waals surface area contributed by atoms with Crippen LogP contribution in [0.25, 0.3) is 0 Å². The van der Waals surface area contributed by atoms with Crippen LogP contribution in [0.5, 0.6) is 0 Å². The van der Waals surface area contributed by atoms with Crippen molar-refractivity contribution in [3.63, 3.8) is 0 Å². The molecule has 1 aliphatic heterocycles. The summed E-state index contributed by atoms with van der Waals surface area (Å²) in [4.78, 5) is 38.1. The van der Waals surface area contributed by atoms with E-state index in [9.17, 15) is 14.4 Å². The number of ether oxygens (including phenoxy) is 3. The third-order valence-electron chi connectivity index (χ3n) is 3.52. The van der Waals surface area contributed by atoms with E-state index in [0.717, 1.165) is 0 Å². The summed E-state index contributed by atoms with van der Waals surface area (Å²) in [6.07, 6.45) is 6.00. The van der Waals surface area contributed by atoms with Gasteiger partial charge in [-0.2, -0.15) is 0 Å². The maximum atomic E-state index is 12.4. The number of allylic oxidation sites excluding steroid dienone is 2. The van der Waals surface area contributed by atoms with Crippen LogP contribution in [0.2, 0.25) is 5.02 Å². The number of rotatable bonds is 4. The number of hydrogen-bond acceptors (Lipinski definition) is 7. The van der Waals surface area contributed by atoms with Gasteiger partial charge in [0, 0.05) is 6.20 Å². The Morgan fingerprint density at radius 3 is 2.19 bits per heavy atom. The predicted molar refractivity (Wildman–Crippen MR) is 94.6 cm³/mol. The molecule has 2 rings (SSSR count). The van der Waals surface area contributed by atoms with Crippen LogP contribution in [0.15, 0.2) is 53.9 Å². The topological polar surface area (TPSA) is 82.1 Å². The molecule has 0 aliphatic carbocycles. The first-order valence-corrected chi connectivity index (χ1v) is 7.75. The molecule has 0 radical (unpaired) electrons. The number of carbonyl (C=O) groups excluding carboxylic acids is 3. The SMILES string of the molecule is COC(=O)C1=C(C(=O)OC)N(c2c(Cl)cccc2C(=O)OC)C=CC=C1. The third-order valence-corrected chi connectivity index (χ3v) is 3.83. The number of esters is 3. The molecule has 1 aromatic carbocycles. The lowest BCUT2D eigenvalue weighted by Crippen LogP contribution is -2.28. The average Bonchev–Trinajstić information content (AvgIpc) is 2.88. The van der Waals surface area contributed by atoms with Crippen LogP contribution < -0.4 is 4.90 Å². The maximum Gasteiger partial charge on any atom is 0.355 e. The number of para-hydroxylation sites is 1. The van der Waals surface area contributed by atoms with E-state index in [1.54, 1.807) is 24.3 Å². The third kappa shape index (κ3) is 3.62. The first kappa shape index (κ1) is 19.3. The monoisotopic (exact) mass is 377 g/mol. The van der Waals surface area contributed by atoms with E-state index < -0.39 is 17.9 Å². The molecule has 0 saturated heterocycles. The normalized spacial score (nSPS) is 13.3. The van der Waals surface area contributed by atoms with E-state index in [1.165, 1.54) is 44.6 Å². The Balaban J connectivity index is 2.80. The van der Waals surface area contributed by atoms with E-state index >= 15 is 0 Å². The van der Waals surface area contributed by atoms with Gasteiger partial charge in [0.15, 0.2) is 0 Å². The average molecular weight is 378 g/mol. The van der Waals surface area contributed by atoms with Gasteiger partial charge < -0.3 is 19.1 Å². The van der Waals surface area contributed by atoms with Gasteiger partial charge in [0.1, 0.15) is 5.70 Å². The molecule has 0 N–H and O–H groups in total. The zero-order chi connectivity index (χ0) is 19.3. The van der Waals surface area contributed by atoms with E-state index in [1.807, 2.05) is 0 Å². The lowest BCUT2D eigenvalue weighted by atomic mass is 10.1. The second-order valence-corrected chi connectivity index (χ2v) is 5.35. The Morgan fingerprint density at radius 1 is 0.923 bits per heavy atom. The van der Waals surface area contributed by atoms with Gasteiger partial charge in [-0.05, 0) is 24.3 Å². The minimum absolute atomic E-state index is 0.0555. The molecule has 1 aromatic rings. The number of anilines is 1. The van der Waals surface area contributed by atoms with Crippen LogP contribution in [-0.2, 0) is 23.8 Å². The smallest absolute Gasteiger partial charge is 0.355 e. The van der Waals surface area contributed by atoms with Crippen LogP contribution in [0.3, 0.4) is 0 Å². The molecular formula is C18H16ClNO6. The molecule has 1 heterocycles. The van der Waals surface area contributed by atoms with Crippen molar-refractivity contribution in [2.75, 3.05) is 26.2 Å². The summed E-state index contributed by atoms with van der Waals surface area (Å²) >= 11 is 6.30. The summed E-state index contributed by atoms with van der Waals surface area (Å²) in [5.74, 6) is -2.21. The fourth-order valence-corrected chi connectivity index (χ4v) is 2.64. The number of nitrogens with zero attached hydrogens (tertiary/aromatic N) is 1. The molecule has 8 heteroatoms. The molecule has 0 unspecified atom stereocenters. The van der Waals surface area contributed by atoms with Crippen LogP contribution >= 0.6 is 11.6 Å². The van der Waals surface area contributed by atoms with Crippen molar-refractivity contribution in [1.29, 1.82) is 0 Å². The second kappa shape index (κ2) is 8.35. The number of carbonyl (C=O) groups is 3. The molecule has 7 nitrogen and oxygen atoms in total. The molecule has 0 atom stereocenters. The zero-order valence-electron chi connectivity index (χ0n) is 14.3. The summed E-state index contributed by atoms with van der Waals surface area (Å²) < 4.78 is 14.3. The van der Waals surface area contributed by atoms with Gasteiger partial charge in [-0.25, -0.2) is 14.4 Å². The summed E-state index contributed by atoms with van der Waals surface area (Å²) in [6, 6.07) is 4.61. The number of benzene rings is 1. The van der Waals surface area contributed by atoms with E-state index in [4.69, 9.17) is 25.8 Å². The quantitative estimate of drug-likeness (QED) is 0.589. The van der Waals surface area contributed by atoms with Gasteiger partial charge >= 0.3 is 17.9 Å². The summed E-state index contributed by atoms with van der Waals surface area (Å²) in [5.41, 5.74) is 0.0719. The number of halogens is 1. The lowest BCUT2D eigenvalue weighted by molar-refractivity contribution is -0.139. The largest absolute Gasteiger partial charge is 0.465 e. The number of hydrogen-bond donors (Lipinski definition) is 0. The van der Waals surface area contributed by atoms with Gasteiger partial charge in [0.25, 0.3) is 0 Å². The minimum atomic E-state index is -0.808. The Kier molecular flexibility index (Phi) is 6.19. The van der Waals surface area contributed by atoms with Crippen molar-refractivity contribution in [2.24, 2.45) is 0 Å². The molecule has 26 heavy (non-hydrogen) atoms. The van der Waals surface area contributed by atoms with Crippen LogP contribution in [0, 0.1) is 0 Å². The summed E-state index contributed by atoms with van der Waals surface area (Å²) in [5, 5.41) is 0.171. The van der Waals surface area contributed by atoms with E-state index in [0.29, 0.717) is 0 Å². The highest BCUT2D eigenvalue weighted by molar-refractivity contribution is 6.34. The lowest BCUT2D eigenvalue weighted by Gasteiger charge is -2.25. The molecule has 0 spiro atoms. The van der Waals surface area contributed by atoms with Crippen molar-refractivity contribution in [3.8, 4) is 0 Å². The Hall–Kier alpha value is -3.06. The van der Waals surface area contributed by atoms with Crippen LogP contribution in [0.1, 0.15) is 10.4 Å². The van der Waals surface area contributed by atoms with Gasteiger partial charge in [-0.15, -0.1) is 0 Å². The van der Waals surface area contributed by atoms with Gasteiger partial charge in [0.2, 0.25) is 0 Å². The molecule has 1 aliphatic rings.